The summed E-state index contributed by atoms with van der Waals surface area (Å²) in [5.74, 6) is 0.140. The fourth-order valence-corrected chi connectivity index (χ4v) is 4.63. The maximum absolute atomic E-state index is 13.1. The summed E-state index contributed by atoms with van der Waals surface area (Å²) in [6, 6.07) is 21.0. The number of hydrogen-bond donors (Lipinski definition) is 0. The molecule has 30 heavy (non-hydrogen) atoms. The standard InChI is InChI=1S/C28H30O2/c1-6-9-21-14-12-19(4)25(16-21)28(24-11-8-7-10-23(24)27(29)30-28)26-17-22(18(2)3)15-13-20(26)5/h7-8,10-18H,6,9H2,1-5H3. The van der Waals surface area contributed by atoms with Crippen molar-refractivity contribution in [2.24, 2.45) is 0 Å². The Labute approximate surface area is 179 Å². The third-order valence-electron chi connectivity index (χ3n) is 6.30. The van der Waals surface area contributed by atoms with Crippen molar-refractivity contribution in [3.63, 3.8) is 0 Å². The van der Waals surface area contributed by atoms with Gasteiger partial charge < -0.3 is 4.74 Å². The predicted octanol–water partition coefficient (Wildman–Crippen LogP) is 6.84. The first-order chi connectivity index (χ1) is 14.4. The minimum absolute atomic E-state index is 0.250. The molecule has 1 atom stereocenters. The van der Waals surface area contributed by atoms with Gasteiger partial charge in [0, 0.05) is 16.7 Å². The van der Waals surface area contributed by atoms with Crippen LogP contribution < -0.4 is 0 Å². The van der Waals surface area contributed by atoms with E-state index in [0.29, 0.717) is 11.5 Å². The lowest BCUT2D eigenvalue weighted by atomic mass is 9.75. The second-order valence-corrected chi connectivity index (χ2v) is 8.74. The zero-order valence-corrected chi connectivity index (χ0v) is 18.6. The van der Waals surface area contributed by atoms with Gasteiger partial charge in [-0.3, -0.25) is 0 Å². The van der Waals surface area contributed by atoms with E-state index in [0.717, 1.165) is 40.7 Å². The molecule has 3 aromatic rings. The van der Waals surface area contributed by atoms with Gasteiger partial charge in [0.2, 0.25) is 0 Å². The van der Waals surface area contributed by atoms with Crippen molar-refractivity contribution in [3.8, 4) is 0 Å². The van der Waals surface area contributed by atoms with Gasteiger partial charge in [-0.05, 0) is 54.5 Å². The summed E-state index contributed by atoms with van der Waals surface area (Å²) in [6.45, 7) is 10.8. The lowest BCUT2D eigenvalue weighted by molar-refractivity contribution is 0.0248. The van der Waals surface area contributed by atoms with Crippen molar-refractivity contribution in [1.29, 1.82) is 0 Å². The molecule has 0 bridgehead atoms. The van der Waals surface area contributed by atoms with Crippen LogP contribution in [-0.4, -0.2) is 5.97 Å². The summed E-state index contributed by atoms with van der Waals surface area (Å²) in [4.78, 5) is 13.1. The number of carbonyl (C=O) groups excluding carboxylic acids is 1. The summed E-state index contributed by atoms with van der Waals surface area (Å²) < 4.78 is 6.38. The van der Waals surface area contributed by atoms with Crippen molar-refractivity contribution in [1.82, 2.24) is 0 Å². The van der Waals surface area contributed by atoms with Crippen LogP contribution in [0.15, 0.2) is 60.7 Å². The normalized spacial score (nSPS) is 17.9. The number of hydrogen-bond acceptors (Lipinski definition) is 2. The van der Waals surface area contributed by atoms with Gasteiger partial charge in [0.1, 0.15) is 0 Å². The van der Waals surface area contributed by atoms with Gasteiger partial charge in [-0.15, -0.1) is 0 Å². The molecule has 0 spiro atoms. The third kappa shape index (κ3) is 3.15. The Morgan fingerprint density at radius 3 is 2.23 bits per heavy atom. The van der Waals surface area contributed by atoms with Crippen LogP contribution in [0.5, 0.6) is 0 Å². The molecule has 1 heterocycles. The first-order valence-electron chi connectivity index (χ1n) is 10.9. The molecule has 4 rings (SSSR count). The first kappa shape index (κ1) is 20.4. The average molecular weight is 399 g/mol. The quantitative estimate of drug-likeness (QED) is 0.440. The lowest BCUT2D eigenvalue weighted by Gasteiger charge is -2.34. The van der Waals surface area contributed by atoms with Gasteiger partial charge in [0.25, 0.3) is 0 Å². The Bertz CT molecular complexity index is 1110. The molecule has 0 amide bonds. The van der Waals surface area contributed by atoms with E-state index in [1.54, 1.807) is 0 Å². The van der Waals surface area contributed by atoms with Gasteiger partial charge >= 0.3 is 5.97 Å². The van der Waals surface area contributed by atoms with Gasteiger partial charge in [-0.2, -0.15) is 0 Å². The smallest absolute Gasteiger partial charge is 0.340 e. The maximum Gasteiger partial charge on any atom is 0.340 e. The molecule has 0 saturated carbocycles. The number of esters is 1. The van der Waals surface area contributed by atoms with Crippen LogP contribution in [0, 0.1) is 13.8 Å². The highest BCUT2D eigenvalue weighted by atomic mass is 16.6. The molecule has 0 fully saturated rings. The van der Waals surface area contributed by atoms with Crippen molar-refractivity contribution >= 4 is 5.97 Å². The highest BCUT2D eigenvalue weighted by Crippen LogP contribution is 2.49. The van der Waals surface area contributed by atoms with Crippen molar-refractivity contribution < 1.29 is 9.53 Å². The summed E-state index contributed by atoms with van der Waals surface area (Å²) in [6.07, 6.45) is 2.08. The van der Waals surface area contributed by atoms with Crippen LogP contribution in [0.4, 0.5) is 0 Å². The highest BCUT2D eigenvalue weighted by molar-refractivity contribution is 5.96. The first-order valence-corrected chi connectivity index (χ1v) is 10.9. The molecule has 1 aliphatic heterocycles. The Morgan fingerprint density at radius 2 is 1.53 bits per heavy atom. The number of fused-ring (bicyclic) bond motifs is 1. The van der Waals surface area contributed by atoms with Crippen LogP contribution in [-0.2, 0) is 16.8 Å². The number of aryl methyl sites for hydroxylation is 3. The third-order valence-corrected chi connectivity index (χ3v) is 6.30. The Hall–Kier alpha value is -2.87. The monoisotopic (exact) mass is 398 g/mol. The summed E-state index contributed by atoms with van der Waals surface area (Å²) in [5.41, 5.74) is 7.59. The van der Waals surface area contributed by atoms with Gasteiger partial charge in [0.15, 0.2) is 5.60 Å². The van der Waals surface area contributed by atoms with Crippen molar-refractivity contribution in [2.45, 2.75) is 59.0 Å². The lowest BCUT2D eigenvalue weighted by Crippen LogP contribution is -2.32. The van der Waals surface area contributed by atoms with E-state index in [4.69, 9.17) is 4.74 Å². The fraction of sp³-hybridized carbons (Fsp3) is 0.321. The van der Waals surface area contributed by atoms with Gasteiger partial charge in [0.05, 0.1) is 5.56 Å². The van der Waals surface area contributed by atoms with Crippen molar-refractivity contribution in [2.75, 3.05) is 0 Å². The highest BCUT2D eigenvalue weighted by Gasteiger charge is 2.50. The average Bonchev–Trinajstić information content (AvgIpc) is 3.03. The molecular formula is C28H30O2. The second kappa shape index (κ2) is 7.75. The maximum atomic E-state index is 13.1. The van der Waals surface area contributed by atoms with Gasteiger partial charge in [-0.25, -0.2) is 4.79 Å². The number of ether oxygens (including phenoxy) is 1. The molecule has 0 saturated heterocycles. The Kier molecular flexibility index (Phi) is 5.27. The van der Waals surface area contributed by atoms with Crippen LogP contribution in [0.3, 0.4) is 0 Å². The topological polar surface area (TPSA) is 26.3 Å². The fourth-order valence-electron chi connectivity index (χ4n) is 4.63. The zero-order chi connectivity index (χ0) is 21.5. The molecule has 1 aliphatic rings. The Morgan fingerprint density at radius 1 is 0.867 bits per heavy atom. The minimum atomic E-state index is -0.920. The molecular weight excluding hydrogens is 368 g/mol. The molecule has 154 valence electrons. The predicted molar refractivity (Wildman–Crippen MR) is 122 cm³/mol. The summed E-state index contributed by atoms with van der Waals surface area (Å²) >= 11 is 0. The molecule has 0 aliphatic carbocycles. The van der Waals surface area contributed by atoms with Crippen molar-refractivity contribution in [3.05, 3.63) is 105 Å². The molecule has 0 aromatic heterocycles. The summed E-state index contributed by atoms with van der Waals surface area (Å²) in [7, 11) is 0. The van der Waals surface area contributed by atoms with E-state index in [9.17, 15) is 4.79 Å². The molecule has 0 radical (unpaired) electrons. The molecule has 2 nitrogen and oxygen atoms in total. The van der Waals surface area contributed by atoms with Crippen LogP contribution in [0.25, 0.3) is 0 Å². The molecule has 2 heteroatoms. The number of benzene rings is 3. The molecule has 0 N–H and O–H groups in total. The number of carbonyl (C=O) groups is 1. The van der Waals surface area contributed by atoms with E-state index < -0.39 is 5.60 Å². The number of cyclic esters (lactones) is 1. The second-order valence-electron chi connectivity index (χ2n) is 8.74. The minimum Gasteiger partial charge on any atom is -0.441 e. The molecule has 1 unspecified atom stereocenters. The van der Waals surface area contributed by atoms with Gasteiger partial charge in [-0.1, -0.05) is 81.8 Å². The van der Waals surface area contributed by atoms with E-state index in [2.05, 4.69) is 71.0 Å². The van der Waals surface area contributed by atoms with E-state index in [-0.39, 0.29) is 5.97 Å². The largest absolute Gasteiger partial charge is 0.441 e. The van der Waals surface area contributed by atoms with E-state index in [1.807, 2.05) is 24.3 Å². The summed E-state index contributed by atoms with van der Waals surface area (Å²) in [5, 5.41) is 0. The van der Waals surface area contributed by atoms with E-state index >= 15 is 0 Å². The SMILES string of the molecule is CCCc1ccc(C)c(C2(c3cc(C(C)C)ccc3C)OC(=O)c3ccccc32)c1. The van der Waals surface area contributed by atoms with Crippen LogP contribution in [0.2, 0.25) is 0 Å². The van der Waals surface area contributed by atoms with Crippen LogP contribution in [0.1, 0.15) is 82.4 Å². The number of rotatable bonds is 5. The Balaban J connectivity index is 2.09. The zero-order valence-electron chi connectivity index (χ0n) is 18.6. The molecule has 3 aromatic carbocycles. The van der Waals surface area contributed by atoms with Crippen LogP contribution >= 0.6 is 0 Å². The van der Waals surface area contributed by atoms with E-state index in [1.165, 1.54) is 11.1 Å².